The Hall–Kier alpha value is -2.89. The second kappa shape index (κ2) is 7.08. The monoisotopic (exact) mass is 418 g/mol. The fourth-order valence-electron chi connectivity index (χ4n) is 5.02. The minimum atomic E-state index is -0.120. The smallest absolute Gasteiger partial charge is 0.257 e. The minimum Gasteiger partial charge on any atom is -0.465 e. The van der Waals surface area contributed by atoms with Crippen LogP contribution in [-0.2, 0) is 5.41 Å². The normalized spacial score (nSPS) is 21.5. The zero-order chi connectivity index (χ0) is 21.8. The second-order valence-electron chi connectivity index (χ2n) is 10.0. The summed E-state index contributed by atoms with van der Waals surface area (Å²) in [6, 6.07) is 10.1. The molecule has 31 heavy (non-hydrogen) atoms. The average Bonchev–Trinajstić information content (AvgIpc) is 3.15. The Morgan fingerprint density at radius 1 is 1.13 bits per heavy atom. The lowest BCUT2D eigenvalue weighted by Crippen LogP contribution is -2.68. The number of anilines is 1. The molecule has 6 heteroatoms. The highest BCUT2D eigenvalue weighted by atomic mass is 16.3. The highest BCUT2D eigenvalue weighted by molar-refractivity contribution is 5.96. The van der Waals surface area contributed by atoms with Crippen LogP contribution in [0, 0.1) is 6.92 Å². The highest BCUT2D eigenvalue weighted by Gasteiger charge is 2.49. The van der Waals surface area contributed by atoms with Gasteiger partial charge in [-0.25, -0.2) is 9.97 Å². The van der Waals surface area contributed by atoms with Gasteiger partial charge < -0.3 is 14.2 Å². The molecule has 1 aromatic carbocycles. The van der Waals surface area contributed by atoms with E-state index in [-0.39, 0.29) is 16.9 Å². The molecule has 2 aliphatic heterocycles. The van der Waals surface area contributed by atoms with Gasteiger partial charge in [-0.3, -0.25) is 4.79 Å². The molecule has 1 amide bonds. The van der Waals surface area contributed by atoms with Crippen LogP contribution in [-0.4, -0.2) is 45.9 Å². The Morgan fingerprint density at radius 2 is 1.94 bits per heavy atom. The molecule has 2 saturated heterocycles. The van der Waals surface area contributed by atoms with E-state index in [0.29, 0.717) is 11.3 Å². The molecule has 1 spiro atoms. The van der Waals surface area contributed by atoms with Crippen molar-refractivity contribution in [2.75, 3.05) is 24.5 Å². The zero-order valence-electron chi connectivity index (χ0n) is 18.8. The lowest BCUT2D eigenvalue weighted by atomic mass is 9.77. The van der Waals surface area contributed by atoms with Gasteiger partial charge in [0.25, 0.3) is 5.91 Å². The maximum Gasteiger partial charge on any atom is 0.257 e. The highest BCUT2D eigenvalue weighted by Crippen LogP contribution is 2.43. The molecule has 2 aliphatic rings. The number of aromatic nitrogens is 2. The number of hydrogen-bond donors (Lipinski definition) is 0. The van der Waals surface area contributed by atoms with E-state index in [1.165, 1.54) is 0 Å². The molecular weight excluding hydrogens is 388 g/mol. The summed E-state index contributed by atoms with van der Waals surface area (Å²) >= 11 is 0. The maximum absolute atomic E-state index is 13.5. The van der Waals surface area contributed by atoms with Gasteiger partial charge in [-0.2, -0.15) is 0 Å². The van der Waals surface area contributed by atoms with Crippen LogP contribution in [0.4, 0.5) is 5.82 Å². The number of para-hydroxylation sites is 1. The number of carbonyl (C=O) groups excluding carboxylic acids is 1. The summed E-state index contributed by atoms with van der Waals surface area (Å²) in [5.41, 5.74) is 1.49. The molecule has 4 heterocycles. The van der Waals surface area contributed by atoms with Crippen molar-refractivity contribution in [3.63, 3.8) is 0 Å². The summed E-state index contributed by atoms with van der Waals surface area (Å²) in [6.07, 6.45) is 4.80. The van der Waals surface area contributed by atoms with Crippen molar-refractivity contribution in [2.45, 2.75) is 57.9 Å². The average molecular weight is 419 g/mol. The number of aryl methyl sites for hydroxylation is 1. The summed E-state index contributed by atoms with van der Waals surface area (Å²) in [5.74, 6) is 2.63. The molecule has 2 aromatic heterocycles. The third kappa shape index (κ3) is 3.29. The van der Waals surface area contributed by atoms with Gasteiger partial charge in [0.15, 0.2) is 0 Å². The van der Waals surface area contributed by atoms with Crippen molar-refractivity contribution in [3.8, 4) is 0 Å². The summed E-state index contributed by atoms with van der Waals surface area (Å²) in [4.78, 5) is 27.0. The quantitative estimate of drug-likeness (QED) is 0.603. The number of piperidine rings is 1. The van der Waals surface area contributed by atoms with Crippen molar-refractivity contribution in [1.82, 2.24) is 14.9 Å². The number of carbonyl (C=O) groups is 1. The molecule has 1 atom stereocenters. The topological polar surface area (TPSA) is 62.5 Å². The molecule has 0 unspecified atom stereocenters. The van der Waals surface area contributed by atoms with Gasteiger partial charge >= 0.3 is 0 Å². The number of rotatable bonds is 2. The van der Waals surface area contributed by atoms with E-state index < -0.39 is 0 Å². The van der Waals surface area contributed by atoms with Crippen LogP contribution < -0.4 is 4.90 Å². The Bertz CT molecular complexity index is 1140. The van der Waals surface area contributed by atoms with Crippen LogP contribution in [0.25, 0.3) is 10.9 Å². The largest absolute Gasteiger partial charge is 0.465 e. The van der Waals surface area contributed by atoms with Crippen molar-refractivity contribution >= 4 is 22.6 Å². The Morgan fingerprint density at radius 3 is 2.65 bits per heavy atom. The standard InChI is InChI=1S/C25H30N4O2/c1-17-19(14-21(31-17)24(2,3)4)23(30)28-12-7-10-25(15-28)11-13-29(25)22-18-8-5-6-9-20(18)26-16-27-22/h5-6,8-9,14,16H,7,10-13,15H2,1-4H3/t25-/m1/s1. The summed E-state index contributed by atoms with van der Waals surface area (Å²) < 4.78 is 5.95. The number of hydrogen-bond acceptors (Lipinski definition) is 5. The van der Waals surface area contributed by atoms with E-state index in [2.05, 4.69) is 41.7 Å². The second-order valence-corrected chi connectivity index (χ2v) is 10.0. The fraction of sp³-hybridized carbons (Fsp3) is 0.480. The van der Waals surface area contributed by atoms with Gasteiger partial charge in [-0.05, 0) is 44.4 Å². The van der Waals surface area contributed by atoms with Crippen LogP contribution in [0.3, 0.4) is 0 Å². The zero-order valence-corrected chi connectivity index (χ0v) is 18.8. The number of likely N-dealkylation sites (tertiary alicyclic amines) is 1. The molecule has 2 fully saturated rings. The summed E-state index contributed by atoms with van der Waals surface area (Å²) in [7, 11) is 0. The van der Waals surface area contributed by atoms with Crippen LogP contribution in [0.15, 0.2) is 41.1 Å². The van der Waals surface area contributed by atoms with Crippen LogP contribution in [0.2, 0.25) is 0 Å². The first-order valence-electron chi connectivity index (χ1n) is 11.2. The molecule has 0 N–H and O–H groups in total. The van der Waals surface area contributed by atoms with Gasteiger partial charge in [0.2, 0.25) is 0 Å². The predicted octanol–water partition coefficient (Wildman–Crippen LogP) is 4.71. The molecule has 5 rings (SSSR count). The SMILES string of the molecule is Cc1oc(C(C)(C)C)cc1C(=O)N1CCC[C@@]2(CCN2c2ncnc3ccccc23)C1. The molecule has 0 aliphatic carbocycles. The van der Waals surface area contributed by atoms with Gasteiger partial charge in [0.1, 0.15) is 23.7 Å². The first-order chi connectivity index (χ1) is 14.8. The van der Waals surface area contributed by atoms with Crippen molar-refractivity contribution in [3.05, 3.63) is 53.7 Å². The number of furan rings is 1. The van der Waals surface area contributed by atoms with E-state index in [1.54, 1.807) is 6.33 Å². The van der Waals surface area contributed by atoms with E-state index in [0.717, 1.165) is 61.4 Å². The van der Waals surface area contributed by atoms with Gasteiger partial charge in [-0.15, -0.1) is 0 Å². The molecule has 6 nitrogen and oxygen atoms in total. The number of fused-ring (bicyclic) bond motifs is 1. The maximum atomic E-state index is 13.5. The molecule has 162 valence electrons. The van der Waals surface area contributed by atoms with Crippen LogP contribution in [0.1, 0.15) is 61.9 Å². The molecular formula is C25H30N4O2. The summed E-state index contributed by atoms with van der Waals surface area (Å²) in [5, 5.41) is 1.08. The summed E-state index contributed by atoms with van der Waals surface area (Å²) in [6.45, 7) is 10.7. The van der Waals surface area contributed by atoms with Crippen molar-refractivity contribution in [2.24, 2.45) is 0 Å². The van der Waals surface area contributed by atoms with E-state index in [9.17, 15) is 4.79 Å². The lowest BCUT2D eigenvalue weighted by Gasteiger charge is -2.57. The van der Waals surface area contributed by atoms with E-state index in [1.807, 2.05) is 36.1 Å². The fourth-order valence-corrected chi connectivity index (χ4v) is 5.02. The van der Waals surface area contributed by atoms with Crippen molar-refractivity contribution < 1.29 is 9.21 Å². The predicted molar refractivity (Wildman–Crippen MR) is 122 cm³/mol. The molecule has 0 radical (unpaired) electrons. The number of nitrogens with zero attached hydrogens (tertiary/aromatic N) is 4. The van der Waals surface area contributed by atoms with Gasteiger partial charge in [0, 0.05) is 30.4 Å². The first-order valence-corrected chi connectivity index (χ1v) is 11.2. The lowest BCUT2D eigenvalue weighted by molar-refractivity contribution is 0.0560. The number of amides is 1. The Kier molecular flexibility index (Phi) is 4.57. The van der Waals surface area contributed by atoms with Crippen LogP contribution in [0.5, 0.6) is 0 Å². The minimum absolute atomic E-state index is 0.0461. The molecule has 0 saturated carbocycles. The number of benzene rings is 1. The molecule has 0 bridgehead atoms. The van der Waals surface area contributed by atoms with Crippen LogP contribution >= 0.6 is 0 Å². The Balaban J connectivity index is 1.43. The third-order valence-corrected chi connectivity index (χ3v) is 6.88. The Labute approximate surface area is 183 Å². The molecule has 3 aromatic rings. The van der Waals surface area contributed by atoms with Crippen molar-refractivity contribution in [1.29, 1.82) is 0 Å². The third-order valence-electron chi connectivity index (χ3n) is 6.88. The van der Waals surface area contributed by atoms with E-state index >= 15 is 0 Å². The van der Waals surface area contributed by atoms with Gasteiger partial charge in [0.05, 0.1) is 16.6 Å². The van der Waals surface area contributed by atoms with E-state index in [4.69, 9.17) is 4.42 Å². The van der Waals surface area contributed by atoms with Gasteiger partial charge in [-0.1, -0.05) is 32.9 Å². The first kappa shape index (κ1) is 20.0.